The summed E-state index contributed by atoms with van der Waals surface area (Å²) < 4.78 is 8.53. The molecule has 7 nitrogen and oxygen atoms in total. The average Bonchev–Trinajstić information content (AvgIpc) is 3.18. The van der Waals surface area contributed by atoms with E-state index in [-0.39, 0.29) is 11.3 Å². The Bertz CT molecular complexity index is 1260. The summed E-state index contributed by atoms with van der Waals surface area (Å²) in [6.07, 6.45) is 1.51. The number of pyridine rings is 1. The van der Waals surface area contributed by atoms with Gasteiger partial charge in [-0.05, 0) is 37.1 Å². The van der Waals surface area contributed by atoms with Crippen LogP contribution in [-0.2, 0) is 13.6 Å². The lowest BCUT2D eigenvalue weighted by Gasteiger charge is -2.10. The van der Waals surface area contributed by atoms with Gasteiger partial charge in [-0.15, -0.1) is 0 Å². The van der Waals surface area contributed by atoms with E-state index in [1.165, 1.54) is 10.9 Å². The summed E-state index contributed by atoms with van der Waals surface area (Å²) in [6.45, 7) is 4.34. The van der Waals surface area contributed by atoms with Crippen LogP contribution in [0.3, 0.4) is 0 Å². The van der Waals surface area contributed by atoms with Crippen molar-refractivity contribution in [2.24, 2.45) is 7.05 Å². The van der Waals surface area contributed by atoms with Gasteiger partial charge >= 0.3 is 5.97 Å². The second-order valence-corrected chi connectivity index (χ2v) is 6.58. The second-order valence-electron chi connectivity index (χ2n) is 6.58. The van der Waals surface area contributed by atoms with E-state index in [1.807, 2.05) is 47.9 Å². The van der Waals surface area contributed by atoms with Crippen LogP contribution < -0.4 is 5.56 Å². The number of rotatable bonds is 4. The van der Waals surface area contributed by atoms with Crippen molar-refractivity contribution in [2.45, 2.75) is 20.4 Å². The van der Waals surface area contributed by atoms with Crippen LogP contribution in [0.1, 0.15) is 23.2 Å². The molecule has 0 aliphatic heterocycles. The van der Waals surface area contributed by atoms with Gasteiger partial charge in [0.05, 0.1) is 11.1 Å². The summed E-state index contributed by atoms with van der Waals surface area (Å²) >= 11 is 0. The first-order chi connectivity index (χ1) is 13.4. The Morgan fingerprint density at radius 1 is 1.18 bits per heavy atom. The van der Waals surface area contributed by atoms with Gasteiger partial charge in [0.1, 0.15) is 5.76 Å². The van der Waals surface area contributed by atoms with Gasteiger partial charge in [-0.1, -0.05) is 24.3 Å². The molecule has 0 spiro atoms. The molecule has 142 valence electrons. The zero-order chi connectivity index (χ0) is 20.0. The van der Waals surface area contributed by atoms with Crippen LogP contribution in [-0.4, -0.2) is 25.4 Å². The Morgan fingerprint density at radius 2 is 1.86 bits per heavy atom. The summed E-state index contributed by atoms with van der Waals surface area (Å²) in [4.78, 5) is 27.9. The van der Waals surface area contributed by atoms with E-state index in [9.17, 15) is 14.7 Å². The fourth-order valence-corrected chi connectivity index (χ4v) is 3.67. The summed E-state index contributed by atoms with van der Waals surface area (Å²) in [5.74, 6) is -0.480. The quantitative estimate of drug-likeness (QED) is 0.586. The maximum atomic E-state index is 12.3. The van der Waals surface area contributed by atoms with Crippen LogP contribution in [0.15, 0.2) is 51.9 Å². The van der Waals surface area contributed by atoms with Crippen LogP contribution in [0.4, 0.5) is 0 Å². The lowest BCUT2D eigenvalue weighted by molar-refractivity contribution is 0.0692. The Hall–Kier alpha value is -3.61. The number of aromatic carboxylic acids is 1. The average molecular weight is 377 g/mol. The lowest BCUT2D eigenvalue weighted by Crippen LogP contribution is -2.11. The van der Waals surface area contributed by atoms with E-state index in [2.05, 4.69) is 4.98 Å². The number of hydrogen-bond donors (Lipinski definition) is 1. The number of aryl methyl sites for hydroxylation is 3. The summed E-state index contributed by atoms with van der Waals surface area (Å²) in [5, 5.41) is 10.3. The van der Waals surface area contributed by atoms with Crippen molar-refractivity contribution in [2.75, 3.05) is 0 Å². The molecular weight excluding hydrogens is 358 g/mol. The SMILES string of the molecule is CCn1c(-c2ccc(-c3c(C)on(C)c3=O)cc2)cc2ccnc(C(=O)O)c21. The number of fused-ring (bicyclic) bond motifs is 1. The third-order valence-electron chi connectivity index (χ3n) is 4.92. The molecule has 0 saturated heterocycles. The molecule has 4 aromatic rings. The number of nitrogens with zero attached hydrogens (tertiary/aromatic N) is 3. The molecule has 1 aromatic carbocycles. The molecule has 0 bridgehead atoms. The topological polar surface area (TPSA) is 90.3 Å². The van der Waals surface area contributed by atoms with Crippen LogP contribution in [0, 0.1) is 6.92 Å². The van der Waals surface area contributed by atoms with Gasteiger partial charge in [0.15, 0.2) is 5.69 Å². The first-order valence-electron chi connectivity index (χ1n) is 8.91. The van der Waals surface area contributed by atoms with Crippen molar-refractivity contribution in [3.63, 3.8) is 0 Å². The number of carbonyl (C=O) groups is 1. The minimum atomic E-state index is -1.05. The van der Waals surface area contributed by atoms with Crippen LogP contribution in [0.25, 0.3) is 33.3 Å². The van der Waals surface area contributed by atoms with Crippen LogP contribution >= 0.6 is 0 Å². The number of carboxylic acids is 1. The first-order valence-corrected chi connectivity index (χ1v) is 8.91. The van der Waals surface area contributed by atoms with Gasteiger partial charge in [0.2, 0.25) is 0 Å². The third-order valence-corrected chi connectivity index (χ3v) is 4.92. The van der Waals surface area contributed by atoms with Crippen molar-refractivity contribution in [1.29, 1.82) is 0 Å². The van der Waals surface area contributed by atoms with Gasteiger partial charge in [0.25, 0.3) is 5.56 Å². The smallest absolute Gasteiger partial charge is 0.356 e. The highest BCUT2D eigenvalue weighted by Gasteiger charge is 2.18. The van der Waals surface area contributed by atoms with E-state index in [1.54, 1.807) is 14.0 Å². The number of hydrogen-bond acceptors (Lipinski definition) is 4. The predicted octanol–water partition coefficient (Wildman–Crippen LogP) is 3.69. The number of aromatic nitrogens is 3. The number of benzene rings is 1. The molecular formula is C21H19N3O4. The molecule has 0 aliphatic rings. The highest BCUT2D eigenvalue weighted by molar-refractivity contribution is 6.02. The molecule has 0 unspecified atom stereocenters. The van der Waals surface area contributed by atoms with Gasteiger partial charge < -0.3 is 14.2 Å². The maximum absolute atomic E-state index is 12.3. The Morgan fingerprint density at radius 3 is 2.43 bits per heavy atom. The van der Waals surface area contributed by atoms with E-state index < -0.39 is 5.97 Å². The molecule has 0 aliphatic carbocycles. The fourth-order valence-electron chi connectivity index (χ4n) is 3.67. The van der Waals surface area contributed by atoms with E-state index >= 15 is 0 Å². The van der Waals surface area contributed by atoms with Crippen molar-refractivity contribution < 1.29 is 14.4 Å². The van der Waals surface area contributed by atoms with Crippen LogP contribution in [0.5, 0.6) is 0 Å². The zero-order valence-corrected chi connectivity index (χ0v) is 15.8. The van der Waals surface area contributed by atoms with E-state index in [4.69, 9.17) is 4.52 Å². The van der Waals surface area contributed by atoms with Crippen LogP contribution in [0.2, 0.25) is 0 Å². The summed E-state index contributed by atoms with van der Waals surface area (Å²) in [5.41, 5.74) is 3.62. The van der Waals surface area contributed by atoms with Gasteiger partial charge in [0, 0.05) is 30.9 Å². The highest BCUT2D eigenvalue weighted by Crippen LogP contribution is 2.31. The van der Waals surface area contributed by atoms with Crippen molar-refractivity contribution in [3.8, 4) is 22.4 Å². The van der Waals surface area contributed by atoms with E-state index in [0.29, 0.717) is 23.4 Å². The van der Waals surface area contributed by atoms with E-state index in [0.717, 1.165) is 22.2 Å². The normalized spacial score (nSPS) is 11.2. The molecule has 7 heteroatoms. The molecule has 28 heavy (non-hydrogen) atoms. The van der Waals surface area contributed by atoms with Gasteiger partial charge in [-0.3, -0.25) is 4.79 Å². The Kier molecular flexibility index (Phi) is 4.15. The molecule has 0 radical (unpaired) electrons. The zero-order valence-electron chi connectivity index (χ0n) is 15.8. The summed E-state index contributed by atoms with van der Waals surface area (Å²) in [6, 6.07) is 11.4. The Balaban J connectivity index is 1.86. The first kappa shape index (κ1) is 17.8. The molecule has 1 N–H and O–H groups in total. The predicted molar refractivity (Wildman–Crippen MR) is 105 cm³/mol. The molecule has 0 amide bonds. The fraction of sp³-hybridized carbons (Fsp3) is 0.190. The third kappa shape index (κ3) is 2.63. The molecule has 0 saturated carbocycles. The monoisotopic (exact) mass is 377 g/mol. The lowest BCUT2D eigenvalue weighted by atomic mass is 10.0. The highest BCUT2D eigenvalue weighted by atomic mass is 16.5. The molecule has 3 aromatic heterocycles. The minimum absolute atomic E-state index is 0.0414. The largest absolute Gasteiger partial charge is 0.476 e. The standard InChI is InChI=1S/C21H19N3O4/c1-4-24-16(11-15-9-10-22-18(19(15)24)21(26)27)13-5-7-14(8-6-13)17-12(2)28-23(3)20(17)25/h5-11H,4H2,1-3H3,(H,26,27). The molecule has 0 fully saturated rings. The minimum Gasteiger partial charge on any atom is -0.476 e. The van der Waals surface area contributed by atoms with Gasteiger partial charge in [-0.25, -0.2) is 9.78 Å². The maximum Gasteiger partial charge on any atom is 0.356 e. The summed E-state index contributed by atoms with van der Waals surface area (Å²) in [7, 11) is 1.58. The number of carboxylic acid groups (broad SMARTS) is 1. The van der Waals surface area contributed by atoms with Crippen molar-refractivity contribution in [1.82, 2.24) is 14.3 Å². The second kappa shape index (κ2) is 6.53. The molecule has 3 heterocycles. The van der Waals surface area contributed by atoms with Crippen molar-refractivity contribution >= 4 is 16.9 Å². The molecule has 4 rings (SSSR count). The Labute approximate surface area is 160 Å². The van der Waals surface area contributed by atoms with Gasteiger partial charge in [-0.2, -0.15) is 4.74 Å². The van der Waals surface area contributed by atoms with Crippen molar-refractivity contribution in [3.05, 3.63) is 64.4 Å². The molecule has 0 atom stereocenters.